The number of tetrazole rings is 1. The highest BCUT2D eigenvalue weighted by atomic mass is 16.2. The number of nitrogens with zero attached hydrogens (tertiary/aromatic N) is 5. The summed E-state index contributed by atoms with van der Waals surface area (Å²) < 4.78 is 0. The lowest BCUT2D eigenvalue weighted by molar-refractivity contribution is -0.119. The van der Waals surface area contributed by atoms with Crippen LogP contribution in [0.25, 0.3) is 11.4 Å². The van der Waals surface area contributed by atoms with Crippen molar-refractivity contribution in [2.24, 2.45) is 5.73 Å². The van der Waals surface area contributed by atoms with Crippen LogP contribution in [-0.4, -0.2) is 38.6 Å². The number of carbonyl (C=O) groups excluding carboxylic acids is 2. The minimum absolute atomic E-state index is 0.0146. The van der Waals surface area contributed by atoms with Gasteiger partial charge in [-0.15, -0.1) is 10.2 Å². The van der Waals surface area contributed by atoms with Crippen molar-refractivity contribution in [1.82, 2.24) is 20.2 Å². The van der Waals surface area contributed by atoms with Crippen molar-refractivity contribution < 1.29 is 9.59 Å². The van der Waals surface area contributed by atoms with Crippen molar-refractivity contribution in [3.63, 3.8) is 0 Å². The van der Waals surface area contributed by atoms with Crippen molar-refractivity contribution in [2.45, 2.75) is 13.0 Å². The maximum atomic E-state index is 12.6. The van der Waals surface area contributed by atoms with E-state index in [1.54, 1.807) is 29.2 Å². The summed E-state index contributed by atoms with van der Waals surface area (Å²) in [6.07, 6.45) is 0.851. The van der Waals surface area contributed by atoms with Crippen LogP contribution in [0.5, 0.6) is 0 Å². The Morgan fingerprint density at radius 3 is 2.62 bits per heavy atom. The second-order valence-electron chi connectivity index (χ2n) is 6.01. The molecular formula is C18H16N6O2. The zero-order valence-corrected chi connectivity index (χ0v) is 13.9. The molecule has 0 bridgehead atoms. The summed E-state index contributed by atoms with van der Waals surface area (Å²) in [5.41, 5.74) is 8.44. The van der Waals surface area contributed by atoms with Gasteiger partial charge in [0.25, 0.3) is 5.91 Å². The molecule has 8 nitrogen and oxygen atoms in total. The van der Waals surface area contributed by atoms with Gasteiger partial charge >= 0.3 is 0 Å². The summed E-state index contributed by atoms with van der Waals surface area (Å²) in [6, 6.07) is 14.5. The summed E-state index contributed by atoms with van der Waals surface area (Å²) in [7, 11) is 0. The van der Waals surface area contributed by atoms with E-state index >= 15 is 0 Å². The molecule has 3 aromatic rings. The summed E-state index contributed by atoms with van der Waals surface area (Å²) in [4.78, 5) is 26.7. The predicted octanol–water partition coefficient (Wildman–Crippen LogP) is 1.03. The number of carbonyl (C=O) groups is 2. The van der Waals surface area contributed by atoms with Gasteiger partial charge in [0.2, 0.25) is 11.7 Å². The minimum atomic E-state index is -0.496. The molecule has 2 heterocycles. The van der Waals surface area contributed by atoms with E-state index in [0.29, 0.717) is 23.5 Å². The molecule has 0 atom stereocenters. The van der Waals surface area contributed by atoms with Gasteiger partial charge < -0.3 is 10.6 Å². The molecule has 0 spiro atoms. The van der Waals surface area contributed by atoms with E-state index in [2.05, 4.69) is 15.4 Å². The van der Waals surface area contributed by atoms with Crippen LogP contribution < -0.4 is 10.6 Å². The van der Waals surface area contributed by atoms with E-state index in [1.165, 1.54) is 10.4 Å². The molecule has 2 amide bonds. The van der Waals surface area contributed by atoms with Gasteiger partial charge in [0.1, 0.15) is 6.54 Å². The monoisotopic (exact) mass is 348 g/mol. The van der Waals surface area contributed by atoms with E-state index in [1.807, 2.05) is 24.3 Å². The first kappa shape index (κ1) is 15.9. The second kappa shape index (κ2) is 6.40. The number of nitrogens with two attached hydrogens (primary N) is 1. The molecule has 1 aliphatic rings. The van der Waals surface area contributed by atoms with Crippen LogP contribution in [0.2, 0.25) is 0 Å². The zero-order valence-electron chi connectivity index (χ0n) is 13.9. The number of anilines is 1. The molecule has 2 aromatic carbocycles. The van der Waals surface area contributed by atoms with E-state index in [9.17, 15) is 9.59 Å². The van der Waals surface area contributed by atoms with Gasteiger partial charge in [0, 0.05) is 23.4 Å². The van der Waals surface area contributed by atoms with Crippen LogP contribution in [0.3, 0.4) is 0 Å². The molecule has 0 unspecified atom stereocenters. The molecule has 2 N–H and O–H groups in total. The maximum Gasteiger partial charge on any atom is 0.250 e. The first-order valence-corrected chi connectivity index (χ1v) is 8.18. The number of para-hydroxylation sites is 1. The van der Waals surface area contributed by atoms with Crippen molar-refractivity contribution in [1.29, 1.82) is 0 Å². The Labute approximate surface area is 149 Å². The maximum absolute atomic E-state index is 12.6. The number of fused-ring (bicyclic) bond motifs is 1. The molecule has 0 fully saturated rings. The topological polar surface area (TPSA) is 107 Å². The summed E-state index contributed by atoms with van der Waals surface area (Å²) in [5.74, 6) is -0.191. The van der Waals surface area contributed by atoms with Gasteiger partial charge in [-0.25, -0.2) is 0 Å². The number of amides is 2. The summed E-state index contributed by atoms with van der Waals surface area (Å²) in [5, 5.41) is 12.2. The van der Waals surface area contributed by atoms with Gasteiger partial charge in [0.05, 0.1) is 0 Å². The van der Waals surface area contributed by atoms with Crippen LogP contribution in [0, 0.1) is 0 Å². The van der Waals surface area contributed by atoms with E-state index in [-0.39, 0.29) is 12.5 Å². The second-order valence-corrected chi connectivity index (χ2v) is 6.01. The van der Waals surface area contributed by atoms with Gasteiger partial charge in [-0.05, 0) is 35.4 Å². The largest absolute Gasteiger partial charge is 0.366 e. The molecular weight excluding hydrogens is 332 g/mol. The van der Waals surface area contributed by atoms with Gasteiger partial charge in [-0.1, -0.05) is 30.3 Å². The molecule has 0 radical (unpaired) electrons. The lowest BCUT2D eigenvalue weighted by Crippen LogP contribution is -2.32. The summed E-state index contributed by atoms with van der Waals surface area (Å²) in [6.45, 7) is 0.676. The number of primary amides is 1. The Kier molecular flexibility index (Phi) is 3.92. The van der Waals surface area contributed by atoms with Crippen LogP contribution in [0.4, 0.5) is 5.69 Å². The average Bonchev–Trinajstić information content (AvgIpc) is 3.28. The molecule has 8 heteroatoms. The quantitative estimate of drug-likeness (QED) is 0.758. The predicted molar refractivity (Wildman–Crippen MR) is 94.3 cm³/mol. The van der Waals surface area contributed by atoms with E-state index < -0.39 is 5.91 Å². The minimum Gasteiger partial charge on any atom is -0.366 e. The van der Waals surface area contributed by atoms with E-state index in [4.69, 9.17) is 5.73 Å². The first-order chi connectivity index (χ1) is 12.6. The molecule has 4 rings (SSSR count). The molecule has 0 saturated carbocycles. The van der Waals surface area contributed by atoms with Gasteiger partial charge in [-0.2, -0.15) is 4.80 Å². The third-order valence-corrected chi connectivity index (χ3v) is 4.35. The molecule has 0 saturated heterocycles. The molecule has 130 valence electrons. The normalized spacial score (nSPS) is 12.8. The van der Waals surface area contributed by atoms with Gasteiger partial charge in [-0.3, -0.25) is 9.59 Å². The Morgan fingerprint density at radius 2 is 1.85 bits per heavy atom. The number of hydrogen-bond donors (Lipinski definition) is 1. The number of rotatable bonds is 4. The highest BCUT2D eigenvalue weighted by molar-refractivity contribution is 5.95. The fourth-order valence-electron chi connectivity index (χ4n) is 3.01. The van der Waals surface area contributed by atoms with Crippen LogP contribution >= 0.6 is 0 Å². The van der Waals surface area contributed by atoms with Gasteiger partial charge in [0.15, 0.2) is 0 Å². The Balaban J connectivity index is 1.49. The third kappa shape index (κ3) is 2.92. The van der Waals surface area contributed by atoms with Crippen molar-refractivity contribution >= 4 is 17.5 Å². The molecule has 1 aromatic heterocycles. The lowest BCUT2D eigenvalue weighted by atomic mass is 10.1. The van der Waals surface area contributed by atoms with Crippen molar-refractivity contribution in [2.75, 3.05) is 11.4 Å². The van der Waals surface area contributed by atoms with Crippen LogP contribution in [0.1, 0.15) is 15.9 Å². The number of benzene rings is 2. The highest BCUT2D eigenvalue weighted by Crippen LogP contribution is 2.27. The molecule has 1 aliphatic heterocycles. The smallest absolute Gasteiger partial charge is 0.250 e. The SMILES string of the molecule is NC(=O)c1ccc(-c2nnn(CC(=O)N3CCc4ccccc43)n2)cc1. The standard InChI is InChI=1S/C18H16N6O2/c19-17(26)13-5-7-14(8-6-13)18-20-22-24(21-18)11-16(25)23-10-9-12-3-1-2-4-15(12)23/h1-8H,9-11H2,(H2,19,26). The fraction of sp³-hybridized carbons (Fsp3) is 0.167. The Morgan fingerprint density at radius 1 is 1.08 bits per heavy atom. The fourth-order valence-corrected chi connectivity index (χ4v) is 3.01. The number of aromatic nitrogens is 4. The Hall–Kier alpha value is -3.55. The van der Waals surface area contributed by atoms with Crippen LogP contribution in [-0.2, 0) is 17.8 Å². The first-order valence-electron chi connectivity index (χ1n) is 8.18. The molecule has 0 aliphatic carbocycles. The van der Waals surface area contributed by atoms with E-state index in [0.717, 1.165) is 12.1 Å². The average molecular weight is 348 g/mol. The number of hydrogen-bond acceptors (Lipinski definition) is 5. The van der Waals surface area contributed by atoms with Crippen LogP contribution in [0.15, 0.2) is 48.5 Å². The van der Waals surface area contributed by atoms with Crippen molar-refractivity contribution in [3.05, 3.63) is 59.7 Å². The third-order valence-electron chi connectivity index (χ3n) is 4.35. The van der Waals surface area contributed by atoms with Crippen molar-refractivity contribution in [3.8, 4) is 11.4 Å². The highest BCUT2D eigenvalue weighted by Gasteiger charge is 2.24. The lowest BCUT2D eigenvalue weighted by Gasteiger charge is -2.16. The summed E-state index contributed by atoms with van der Waals surface area (Å²) >= 11 is 0. The Bertz CT molecular complexity index is 979. The molecule has 26 heavy (non-hydrogen) atoms. The zero-order chi connectivity index (χ0) is 18.1.